The Balaban J connectivity index is 2.21. The minimum absolute atomic E-state index is 0.117. The summed E-state index contributed by atoms with van der Waals surface area (Å²) in [4.78, 5) is 0. The van der Waals surface area contributed by atoms with Crippen LogP contribution in [0.25, 0.3) is 0 Å². The van der Waals surface area contributed by atoms with Crippen LogP contribution >= 0.6 is 0 Å². The average Bonchev–Trinajstić information content (AvgIpc) is 2.57. The van der Waals surface area contributed by atoms with Crippen LogP contribution < -0.4 is 0 Å². The Hall–Kier alpha value is -2.27. The van der Waals surface area contributed by atoms with E-state index in [0.29, 0.717) is 5.56 Å². The SMILES string of the molecule is Cc1cccc(C2(S(C)(=O)=O)C=CC(F)(c3ccccc3)C(F)=C2)c1. The van der Waals surface area contributed by atoms with Crippen LogP contribution in [-0.4, -0.2) is 14.7 Å². The molecule has 2 atom stereocenters. The zero-order chi connectivity index (χ0) is 18.3. The maximum atomic E-state index is 15.3. The van der Waals surface area contributed by atoms with E-state index in [9.17, 15) is 12.8 Å². The van der Waals surface area contributed by atoms with E-state index in [4.69, 9.17) is 0 Å². The van der Waals surface area contributed by atoms with Gasteiger partial charge in [-0.1, -0.05) is 66.2 Å². The lowest BCUT2D eigenvalue weighted by Crippen LogP contribution is -2.36. The third kappa shape index (κ3) is 2.82. The fourth-order valence-electron chi connectivity index (χ4n) is 3.09. The number of hydrogen-bond donors (Lipinski definition) is 0. The molecule has 0 aliphatic heterocycles. The Labute approximate surface area is 146 Å². The van der Waals surface area contributed by atoms with E-state index in [1.165, 1.54) is 18.2 Å². The molecule has 130 valence electrons. The Morgan fingerprint density at radius 2 is 1.56 bits per heavy atom. The van der Waals surface area contributed by atoms with Crippen LogP contribution in [0.3, 0.4) is 0 Å². The number of sulfone groups is 1. The lowest BCUT2D eigenvalue weighted by Gasteiger charge is -2.33. The predicted octanol–water partition coefficient (Wildman–Crippen LogP) is 4.52. The quantitative estimate of drug-likeness (QED) is 0.754. The minimum Gasteiger partial charge on any atom is -0.228 e. The fourth-order valence-corrected chi connectivity index (χ4v) is 4.27. The first-order chi connectivity index (χ1) is 11.7. The summed E-state index contributed by atoms with van der Waals surface area (Å²) in [7, 11) is -3.79. The highest BCUT2D eigenvalue weighted by atomic mass is 32.2. The highest BCUT2D eigenvalue weighted by molar-refractivity contribution is 7.92. The lowest BCUT2D eigenvalue weighted by atomic mass is 9.83. The van der Waals surface area contributed by atoms with E-state index in [0.717, 1.165) is 24.0 Å². The van der Waals surface area contributed by atoms with Crippen LogP contribution in [0.1, 0.15) is 16.7 Å². The van der Waals surface area contributed by atoms with Gasteiger partial charge in [-0.2, -0.15) is 0 Å². The highest BCUT2D eigenvalue weighted by Gasteiger charge is 2.47. The standard InChI is InChI=1S/C20H18F2O2S/c1-15-7-6-10-17(13-15)19(25(2,23)24)11-12-20(22,18(21)14-19)16-8-4-3-5-9-16/h3-14H,1-2H3. The van der Waals surface area contributed by atoms with Gasteiger partial charge in [0.2, 0.25) is 5.67 Å². The molecular weight excluding hydrogens is 342 g/mol. The van der Waals surface area contributed by atoms with Gasteiger partial charge < -0.3 is 0 Å². The van der Waals surface area contributed by atoms with Crippen molar-refractivity contribution in [1.29, 1.82) is 0 Å². The number of benzene rings is 2. The average molecular weight is 360 g/mol. The van der Waals surface area contributed by atoms with E-state index in [2.05, 4.69) is 0 Å². The summed E-state index contributed by atoms with van der Waals surface area (Å²) in [5.74, 6) is -1.13. The Kier molecular flexibility index (Phi) is 4.15. The molecule has 2 unspecified atom stereocenters. The molecule has 0 fully saturated rings. The molecule has 0 aromatic heterocycles. The van der Waals surface area contributed by atoms with Gasteiger partial charge in [-0.25, -0.2) is 17.2 Å². The van der Waals surface area contributed by atoms with Crippen LogP contribution in [-0.2, 0) is 20.3 Å². The molecule has 0 N–H and O–H groups in total. The number of aryl methyl sites for hydroxylation is 1. The van der Waals surface area contributed by atoms with Crippen molar-refractivity contribution in [3.8, 4) is 0 Å². The van der Waals surface area contributed by atoms with Crippen molar-refractivity contribution in [3.63, 3.8) is 0 Å². The van der Waals surface area contributed by atoms with Gasteiger partial charge >= 0.3 is 0 Å². The molecule has 0 spiro atoms. The zero-order valence-corrected chi connectivity index (χ0v) is 14.7. The van der Waals surface area contributed by atoms with Gasteiger partial charge in [-0.3, -0.25) is 0 Å². The van der Waals surface area contributed by atoms with Crippen LogP contribution in [0.5, 0.6) is 0 Å². The first-order valence-electron chi connectivity index (χ1n) is 7.79. The normalized spacial score (nSPS) is 26.3. The van der Waals surface area contributed by atoms with E-state index in [-0.39, 0.29) is 5.56 Å². The largest absolute Gasteiger partial charge is 0.228 e. The Morgan fingerprint density at radius 1 is 0.920 bits per heavy atom. The topological polar surface area (TPSA) is 34.1 Å². The number of halogens is 2. The monoisotopic (exact) mass is 360 g/mol. The molecule has 0 saturated heterocycles. The van der Waals surface area contributed by atoms with Crippen molar-refractivity contribution in [3.05, 3.63) is 95.3 Å². The lowest BCUT2D eigenvalue weighted by molar-refractivity contribution is 0.232. The summed E-state index contributed by atoms with van der Waals surface area (Å²) in [5.41, 5.74) is -1.13. The third-order valence-electron chi connectivity index (χ3n) is 4.53. The zero-order valence-electron chi connectivity index (χ0n) is 13.9. The summed E-state index contributed by atoms with van der Waals surface area (Å²) in [6.45, 7) is 1.81. The van der Waals surface area contributed by atoms with Crippen molar-refractivity contribution >= 4 is 9.84 Å². The van der Waals surface area contributed by atoms with Crippen LogP contribution in [0.4, 0.5) is 8.78 Å². The number of hydrogen-bond acceptors (Lipinski definition) is 2. The molecular formula is C20H18F2O2S. The molecule has 3 rings (SSSR count). The van der Waals surface area contributed by atoms with Gasteiger partial charge in [-0.15, -0.1) is 0 Å². The van der Waals surface area contributed by atoms with Crippen LogP contribution in [0.2, 0.25) is 0 Å². The van der Waals surface area contributed by atoms with E-state index >= 15 is 4.39 Å². The molecule has 0 saturated carbocycles. The van der Waals surface area contributed by atoms with E-state index in [1.807, 2.05) is 13.0 Å². The second-order valence-electron chi connectivity index (χ2n) is 6.34. The molecule has 0 heterocycles. The van der Waals surface area contributed by atoms with E-state index < -0.39 is 26.1 Å². The van der Waals surface area contributed by atoms with Crippen molar-refractivity contribution in [2.45, 2.75) is 17.3 Å². The van der Waals surface area contributed by atoms with Crippen molar-refractivity contribution in [1.82, 2.24) is 0 Å². The van der Waals surface area contributed by atoms with Crippen molar-refractivity contribution in [2.24, 2.45) is 0 Å². The highest BCUT2D eigenvalue weighted by Crippen LogP contribution is 2.46. The van der Waals surface area contributed by atoms with Gasteiger partial charge in [0, 0.05) is 6.26 Å². The number of alkyl halides is 1. The molecule has 1 aliphatic rings. The summed E-state index contributed by atoms with van der Waals surface area (Å²) in [5, 5.41) is 0. The Morgan fingerprint density at radius 3 is 2.12 bits per heavy atom. The van der Waals surface area contributed by atoms with Gasteiger partial charge in [0.1, 0.15) is 10.6 Å². The van der Waals surface area contributed by atoms with Gasteiger partial charge in [0.25, 0.3) is 0 Å². The Bertz CT molecular complexity index is 964. The maximum absolute atomic E-state index is 15.3. The summed E-state index contributed by atoms with van der Waals surface area (Å²) in [6, 6.07) is 14.7. The summed E-state index contributed by atoms with van der Waals surface area (Å²) in [6.07, 6.45) is 4.15. The molecule has 25 heavy (non-hydrogen) atoms. The second kappa shape index (κ2) is 5.92. The first-order valence-corrected chi connectivity index (χ1v) is 9.69. The first kappa shape index (κ1) is 17.5. The predicted molar refractivity (Wildman–Crippen MR) is 95.3 cm³/mol. The minimum atomic E-state index is -3.79. The molecule has 2 aromatic carbocycles. The number of rotatable bonds is 3. The molecule has 2 nitrogen and oxygen atoms in total. The summed E-state index contributed by atoms with van der Waals surface area (Å²) >= 11 is 0. The number of allylic oxidation sites excluding steroid dienone is 2. The smallest absolute Gasteiger partial charge is 0.205 e. The molecule has 2 aromatic rings. The third-order valence-corrected chi connectivity index (χ3v) is 6.24. The maximum Gasteiger partial charge on any atom is 0.205 e. The fraction of sp³-hybridized carbons (Fsp3) is 0.200. The van der Waals surface area contributed by atoms with Gasteiger partial charge in [-0.05, 0) is 30.2 Å². The molecule has 0 radical (unpaired) electrons. The second-order valence-corrected chi connectivity index (χ2v) is 8.56. The van der Waals surface area contributed by atoms with Gasteiger partial charge in [0.05, 0.1) is 0 Å². The molecule has 1 aliphatic carbocycles. The van der Waals surface area contributed by atoms with E-state index in [1.54, 1.807) is 36.4 Å². The van der Waals surface area contributed by atoms with Crippen LogP contribution in [0, 0.1) is 6.92 Å². The molecule has 0 bridgehead atoms. The molecule has 5 heteroatoms. The van der Waals surface area contributed by atoms with Crippen molar-refractivity contribution < 1.29 is 17.2 Å². The molecule has 0 amide bonds. The summed E-state index contributed by atoms with van der Waals surface area (Å²) < 4.78 is 53.5. The van der Waals surface area contributed by atoms with Crippen molar-refractivity contribution in [2.75, 3.05) is 6.26 Å². The van der Waals surface area contributed by atoms with Crippen LogP contribution in [0.15, 0.2) is 78.7 Å². The van der Waals surface area contributed by atoms with Gasteiger partial charge in [0.15, 0.2) is 9.84 Å².